The Labute approximate surface area is 201 Å². The third-order valence-electron chi connectivity index (χ3n) is 5.24. The zero-order chi connectivity index (χ0) is 24.2. The van der Waals surface area contributed by atoms with Gasteiger partial charge < -0.3 is 20.5 Å². The van der Waals surface area contributed by atoms with Crippen LogP contribution < -0.4 is 10.6 Å². The molecule has 0 aromatic carbocycles. The van der Waals surface area contributed by atoms with Crippen molar-refractivity contribution in [3.63, 3.8) is 0 Å². The summed E-state index contributed by atoms with van der Waals surface area (Å²) >= 11 is 5.40. The van der Waals surface area contributed by atoms with Gasteiger partial charge in [0.25, 0.3) is 0 Å². The van der Waals surface area contributed by atoms with Crippen molar-refractivity contribution in [1.29, 1.82) is 0 Å². The molecule has 32 heavy (non-hydrogen) atoms. The van der Waals surface area contributed by atoms with Crippen molar-refractivity contribution >= 4 is 29.3 Å². The van der Waals surface area contributed by atoms with Gasteiger partial charge in [0, 0.05) is 6.54 Å². The van der Waals surface area contributed by atoms with Crippen LogP contribution in [0.2, 0.25) is 0 Å². The van der Waals surface area contributed by atoms with E-state index in [1.54, 1.807) is 20.8 Å². The number of hydrogen-bond donors (Lipinski definition) is 3. The lowest BCUT2D eigenvalue weighted by Gasteiger charge is -2.22. The minimum absolute atomic E-state index is 0.363. The van der Waals surface area contributed by atoms with Crippen molar-refractivity contribution in [2.75, 3.05) is 6.54 Å². The molecule has 0 bridgehead atoms. The van der Waals surface area contributed by atoms with E-state index in [1.165, 1.54) is 64.2 Å². The number of carbonyl (C=O) groups excluding carboxylic acids is 1. The summed E-state index contributed by atoms with van der Waals surface area (Å²) in [6.45, 7) is 8.22. The summed E-state index contributed by atoms with van der Waals surface area (Å²) in [5.74, 6) is -1.05. The second-order valence-corrected chi connectivity index (χ2v) is 10.2. The van der Waals surface area contributed by atoms with E-state index in [1.807, 2.05) is 0 Å². The zero-order valence-corrected chi connectivity index (χ0v) is 21.8. The molecule has 0 aliphatic heterocycles. The van der Waals surface area contributed by atoms with Gasteiger partial charge in [-0.1, -0.05) is 83.3 Å². The van der Waals surface area contributed by atoms with Crippen LogP contribution in [0, 0.1) is 0 Å². The van der Waals surface area contributed by atoms with Crippen LogP contribution in [0.15, 0.2) is 0 Å². The maximum Gasteiger partial charge on any atom is 0.408 e. The van der Waals surface area contributed by atoms with E-state index in [0.717, 1.165) is 30.8 Å². The van der Waals surface area contributed by atoms with Crippen molar-refractivity contribution in [3.8, 4) is 0 Å². The van der Waals surface area contributed by atoms with Crippen LogP contribution in [0.5, 0.6) is 0 Å². The summed E-state index contributed by atoms with van der Waals surface area (Å²) in [4.78, 5) is 24.0. The van der Waals surface area contributed by atoms with E-state index in [4.69, 9.17) is 17.0 Å². The molecule has 0 saturated heterocycles. The Morgan fingerprint density at radius 2 is 1.41 bits per heavy atom. The molecule has 0 aliphatic rings. The first-order valence-electron chi connectivity index (χ1n) is 12.6. The molecule has 0 fully saturated rings. The van der Waals surface area contributed by atoms with Crippen LogP contribution in [-0.2, 0) is 9.53 Å². The minimum Gasteiger partial charge on any atom is -0.480 e. The average Bonchev–Trinajstić information content (AvgIpc) is 2.69. The van der Waals surface area contributed by atoms with Crippen LogP contribution in [0.4, 0.5) is 4.79 Å². The Kier molecular flexibility index (Phi) is 18.3. The number of ether oxygens (including phenoxy) is 1. The Bertz CT molecular complexity index is 521. The third-order valence-corrected chi connectivity index (χ3v) is 5.59. The van der Waals surface area contributed by atoms with Crippen LogP contribution >= 0.6 is 12.2 Å². The zero-order valence-electron chi connectivity index (χ0n) is 21.0. The molecule has 1 atom stereocenters. The molecule has 0 aromatic rings. The lowest BCUT2D eigenvalue weighted by molar-refractivity contribution is -0.139. The Morgan fingerprint density at radius 3 is 1.91 bits per heavy atom. The number of carboxylic acids is 1. The number of unbranched alkanes of at least 4 members (excludes halogenated alkanes) is 11. The summed E-state index contributed by atoms with van der Waals surface area (Å²) < 4.78 is 5.13. The fourth-order valence-electron chi connectivity index (χ4n) is 3.45. The van der Waals surface area contributed by atoms with Gasteiger partial charge in [-0.25, -0.2) is 9.59 Å². The number of carbonyl (C=O) groups is 2. The molecule has 0 spiro atoms. The van der Waals surface area contributed by atoms with Crippen molar-refractivity contribution in [3.05, 3.63) is 0 Å². The molecule has 0 aromatic heterocycles. The standard InChI is InChI=1S/C25H48N2O4S/c1-5-6-7-8-9-10-11-12-13-14-15-19-22(32)26-20-17-16-18-21(23(28)29)27-24(30)31-25(2,3)4/h21H,5-20H2,1-4H3,(H,26,32)(H,27,30)(H,28,29)/t21-/m0/s1. The molecule has 7 heteroatoms. The topological polar surface area (TPSA) is 87.7 Å². The highest BCUT2D eigenvalue weighted by atomic mass is 32.1. The first-order chi connectivity index (χ1) is 15.2. The van der Waals surface area contributed by atoms with E-state index >= 15 is 0 Å². The smallest absolute Gasteiger partial charge is 0.408 e. The average molecular weight is 473 g/mol. The fourth-order valence-corrected chi connectivity index (χ4v) is 3.69. The normalized spacial score (nSPS) is 12.2. The monoisotopic (exact) mass is 472 g/mol. The van der Waals surface area contributed by atoms with Gasteiger partial charge in [-0.2, -0.15) is 0 Å². The molecule has 0 aliphatic carbocycles. The van der Waals surface area contributed by atoms with Crippen molar-refractivity contribution < 1.29 is 19.4 Å². The summed E-state index contributed by atoms with van der Waals surface area (Å²) in [6.07, 6.45) is 16.6. The molecule has 3 N–H and O–H groups in total. The summed E-state index contributed by atoms with van der Waals surface area (Å²) in [7, 11) is 0. The molecule has 1 amide bonds. The Hall–Kier alpha value is -1.37. The molecular weight excluding hydrogens is 424 g/mol. The predicted octanol–water partition coefficient (Wildman–Crippen LogP) is 6.75. The molecule has 0 heterocycles. The summed E-state index contributed by atoms with van der Waals surface area (Å²) in [5.41, 5.74) is -0.652. The maximum atomic E-state index is 11.8. The number of aliphatic carboxylic acids is 1. The number of thiocarbonyl (C=S) groups is 1. The van der Waals surface area contributed by atoms with Gasteiger partial charge >= 0.3 is 12.1 Å². The van der Waals surface area contributed by atoms with E-state index in [0.29, 0.717) is 12.8 Å². The van der Waals surface area contributed by atoms with E-state index in [9.17, 15) is 14.7 Å². The highest BCUT2D eigenvalue weighted by molar-refractivity contribution is 7.80. The summed E-state index contributed by atoms with van der Waals surface area (Å²) in [6, 6.07) is -0.937. The predicted molar refractivity (Wildman–Crippen MR) is 136 cm³/mol. The van der Waals surface area contributed by atoms with Gasteiger partial charge in [0.1, 0.15) is 11.6 Å². The molecule has 0 unspecified atom stereocenters. The molecule has 0 rings (SSSR count). The first kappa shape index (κ1) is 30.6. The van der Waals surface area contributed by atoms with Gasteiger partial charge in [0.05, 0.1) is 4.99 Å². The van der Waals surface area contributed by atoms with Gasteiger partial charge in [-0.15, -0.1) is 0 Å². The maximum absolute atomic E-state index is 11.8. The summed E-state index contributed by atoms with van der Waals surface area (Å²) in [5, 5.41) is 15.0. The number of nitrogens with one attached hydrogen (secondary N) is 2. The van der Waals surface area contributed by atoms with Gasteiger partial charge in [0.2, 0.25) is 0 Å². The lowest BCUT2D eigenvalue weighted by Crippen LogP contribution is -2.43. The van der Waals surface area contributed by atoms with Crippen molar-refractivity contribution in [2.45, 2.75) is 136 Å². The van der Waals surface area contributed by atoms with Gasteiger partial charge in [-0.3, -0.25) is 0 Å². The van der Waals surface area contributed by atoms with E-state index in [-0.39, 0.29) is 0 Å². The number of carboxylic acid groups (broad SMARTS) is 1. The van der Waals surface area contributed by atoms with Crippen LogP contribution in [-0.4, -0.2) is 40.3 Å². The fraction of sp³-hybridized carbons (Fsp3) is 0.880. The Morgan fingerprint density at radius 1 is 0.875 bits per heavy atom. The lowest BCUT2D eigenvalue weighted by atomic mass is 10.1. The second-order valence-electron chi connectivity index (χ2n) is 9.67. The highest BCUT2D eigenvalue weighted by Gasteiger charge is 2.23. The molecule has 6 nitrogen and oxygen atoms in total. The number of hydrogen-bond acceptors (Lipinski definition) is 4. The van der Waals surface area contributed by atoms with Crippen LogP contribution in [0.3, 0.4) is 0 Å². The second kappa shape index (κ2) is 19.1. The SMILES string of the molecule is CCCCCCCCCCCCCC(=S)NCCCC[C@H](NC(=O)OC(C)(C)C)C(=O)O. The molecule has 188 valence electrons. The minimum atomic E-state index is -1.05. The quantitative estimate of drug-likeness (QED) is 0.142. The van der Waals surface area contributed by atoms with E-state index in [2.05, 4.69) is 17.6 Å². The van der Waals surface area contributed by atoms with E-state index < -0.39 is 23.7 Å². The largest absolute Gasteiger partial charge is 0.480 e. The van der Waals surface area contributed by atoms with Crippen LogP contribution in [0.25, 0.3) is 0 Å². The number of amides is 1. The van der Waals surface area contributed by atoms with Crippen molar-refractivity contribution in [2.24, 2.45) is 0 Å². The first-order valence-corrected chi connectivity index (χ1v) is 13.1. The van der Waals surface area contributed by atoms with Gasteiger partial charge in [0.15, 0.2) is 0 Å². The highest BCUT2D eigenvalue weighted by Crippen LogP contribution is 2.12. The molecule has 0 saturated carbocycles. The Balaban J connectivity index is 3.67. The van der Waals surface area contributed by atoms with Gasteiger partial charge in [-0.05, 0) is 52.9 Å². The van der Waals surface area contributed by atoms with Crippen molar-refractivity contribution in [1.82, 2.24) is 10.6 Å². The molecular formula is C25H48N2O4S. The van der Waals surface area contributed by atoms with Crippen LogP contribution in [0.1, 0.15) is 124 Å². The molecule has 0 radical (unpaired) electrons. The number of alkyl carbamates (subject to hydrolysis) is 1. The number of rotatable bonds is 19. The third kappa shape index (κ3) is 20.5.